The second kappa shape index (κ2) is 7.07. The average molecular weight is 407 g/mol. The molecule has 2 aromatic heterocycles. The average Bonchev–Trinajstić information content (AvgIpc) is 3.15. The molecule has 2 heterocycles. The summed E-state index contributed by atoms with van der Waals surface area (Å²) in [6.45, 7) is 11.5. The van der Waals surface area contributed by atoms with E-state index < -0.39 is 0 Å². The summed E-state index contributed by atoms with van der Waals surface area (Å²) in [5, 5.41) is 1.94. The van der Waals surface area contributed by atoms with Gasteiger partial charge < -0.3 is 4.42 Å². The lowest BCUT2D eigenvalue weighted by molar-refractivity contribution is -0.662. The maximum absolute atomic E-state index is 14.1. The number of furan rings is 1. The molecule has 0 atom stereocenters. The predicted octanol–water partition coefficient (Wildman–Crippen LogP) is 7.05. The number of aromatic nitrogens is 1. The van der Waals surface area contributed by atoms with Crippen LogP contribution in [0.5, 0.6) is 0 Å². The van der Waals surface area contributed by atoms with Crippen molar-refractivity contribution in [2.24, 2.45) is 7.05 Å². The molecule has 0 aliphatic heterocycles. The number of rotatable bonds is 2. The van der Waals surface area contributed by atoms with Crippen LogP contribution in [0.25, 0.3) is 49.2 Å². The highest BCUT2D eigenvalue weighted by Crippen LogP contribution is 2.44. The number of halogens is 1. The molecule has 0 aliphatic rings. The first kappa shape index (κ1) is 19.0. The highest BCUT2D eigenvalue weighted by Gasteiger charge is 2.24. The molecular weight excluding hydrogens is 387 g/mol. The number of pyridine rings is 1. The lowest BCUT2D eigenvalue weighted by Crippen LogP contribution is -2.31. The van der Waals surface area contributed by atoms with E-state index in [2.05, 4.69) is 17.0 Å². The molecule has 5 aromatic rings. The van der Waals surface area contributed by atoms with E-state index in [0.717, 1.165) is 44.3 Å². The van der Waals surface area contributed by atoms with Crippen molar-refractivity contribution in [2.45, 2.75) is 13.8 Å². The number of fused-ring (bicyclic) bond motifs is 3. The third-order valence-electron chi connectivity index (χ3n) is 5.85. The van der Waals surface area contributed by atoms with E-state index >= 15 is 0 Å². The number of benzene rings is 3. The van der Waals surface area contributed by atoms with Crippen molar-refractivity contribution < 1.29 is 13.4 Å². The molecule has 31 heavy (non-hydrogen) atoms. The smallest absolute Gasteiger partial charge is 0.216 e. The normalized spacial score (nSPS) is 11.2. The summed E-state index contributed by atoms with van der Waals surface area (Å²) in [6, 6.07) is 19.6. The van der Waals surface area contributed by atoms with Gasteiger partial charge in [-0.1, -0.05) is 54.6 Å². The molecule has 3 nitrogen and oxygen atoms in total. The Morgan fingerprint density at radius 2 is 1.55 bits per heavy atom. The molecule has 0 unspecified atom stereocenters. The van der Waals surface area contributed by atoms with Gasteiger partial charge in [0.2, 0.25) is 11.9 Å². The Balaban J connectivity index is 1.92. The summed E-state index contributed by atoms with van der Waals surface area (Å²) >= 11 is 0. The van der Waals surface area contributed by atoms with Crippen molar-refractivity contribution >= 4 is 27.6 Å². The Bertz CT molecular complexity index is 1530. The van der Waals surface area contributed by atoms with Gasteiger partial charge in [-0.3, -0.25) is 0 Å². The van der Waals surface area contributed by atoms with Crippen LogP contribution in [0, 0.1) is 26.2 Å². The predicted molar refractivity (Wildman–Crippen MR) is 121 cm³/mol. The molecule has 0 N–H and O–H groups in total. The van der Waals surface area contributed by atoms with E-state index in [1.165, 1.54) is 6.20 Å². The van der Waals surface area contributed by atoms with Gasteiger partial charge in [0.1, 0.15) is 18.2 Å². The first-order valence-electron chi connectivity index (χ1n) is 10.1. The summed E-state index contributed by atoms with van der Waals surface area (Å²) in [5.74, 6) is -0.242. The second-order valence-corrected chi connectivity index (χ2v) is 7.85. The zero-order chi connectivity index (χ0) is 21.7. The Labute approximate surface area is 179 Å². The van der Waals surface area contributed by atoms with Crippen LogP contribution in [-0.4, -0.2) is 0 Å². The highest BCUT2D eigenvalue weighted by molar-refractivity contribution is 6.15. The van der Waals surface area contributed by atoms with Gasteiger partial charge in [-0.2, -0.15) is 4.57 Å². The molecule has 0 fully saturated rings. The van der Waals surface area contributed by atoms with E-state index in [1.807, 2.05) is 62.5 Å². The minimum absolute atomic E-state index is 0.242. The first-order chi connectivity index (χ1) is 15.0. The van der Waals surface area contributed by atoms with Gasteiger partial charge in [0.05, 0.1) is 12.1 Å². The van der Waals surface area contributed by atoms with Crippen LogP contribution in [0.1, 0.15) is 11.1 Å². The van der Waals surface area contributed by atoms with E-state index in [1.54, 1.807) is 11.5 Å². The molecule has 0 aliphatic carbocycles. The molecular formula is C27H20FN2O+. The van der Waals surface area contributed by atoms with Gasteiger partial charge in [-0.05, 0) is 30.5 Å². The topological polar surface area (TPSA) is 21.4 Å². The van der Waals surface area contributed by atoms with Gasteiger partial charge >= 0.3 is 0 Å². The van der Waals surface area contributed by atoms with Crippen molar-refractivity contribution in [3.63, 3.8) is 0 Å². The van der Waals surface area contributed by atoms with Crippen LogP contribution < -0.4 is 4.57 Å². The molecule has 0 bridgehead atoms. The van der Waals surface area contributed by atoms with E-state index in [9.17, 15) is 4.39 Å². The van der Waals surface area contributed by atoms with Gasteiger partial charge in [0.25, 0.3) is 0 Å². The molecule has 0 spiro atoms. The molecule has 4 heteroatoms. The quantitative estimate of drug-likeness (QED) is 0.227. The van der Waals surface area contributed by atoms with E-state index in [4.69, 9.17) is 11.0 Å². The lowest BCUT2D eigenvalue weighted by atomic mass is 9.98. The Hall–Kier alpha value is -3.97. The molecule has 150 valence electrons. The van der Waals surface area contributed by atoms with Crippen LogP contribution >= 0.6 is 0 Å². The van der Waals surface area contributed by atoms with Crippen molar-refractivity contribution in [3.8, 4) is 22.4 Å². The molecule has 5 rings (SSSR count). The maximum atomic E-state index is 14.1. The molecule has 0 saturated carbocycles. The number of hydrogen-bond donors (Lipinski definition) is 0. The SMILES string of the molecule is [C-]#[N+]c1ccc2c(oc3c(-c4cc(C)c(F)c[n+]4C)c(C)ccc32)c1-c1ccccc1. The van der Waals surface area contributed by atoms with Crippen LogP contribution in [0.2, 0.25) is 0 Å². The summed E-state index contributed by atoms with van der Waals surface area (Å²) < 4.78 is 22.4. The van der Waals surface area contributed by atoms with Crippen molar-refractivity contribution in [3.05, 3.63) is 95.2 Å². The Kier molecular flexibility index (Phi) is 4.34. The van der Waals surface area contributed by atoms with Gasteiger partial charge in [-0.25, -0.2) is 9.24 Å². The van der Waals surface area contributed by atoms with Crippen molar-refractivity contribution in [1.29, 1.82) is 0 Å². The third kappa shape index (κ3) is 2.90. The Morgan fingerprint density at radius 3 is 2.26 bits per heavy atom. The first-order valence-corrected chi connectivity index (χ1v) is 10.1. The number of hydrogen-bond acceptors (Lipinski definition) is 1. The monoisotopic (exact) mass is 407 g/mol. The summed E-state index contributed by atoms with van der Waals surface area (Å²) in [5.41, 5.74) is 7.18. The maximum Gasteiger partial charge on any atom is 0.216 e. The number of nitrogens with zero attached hydrogens (tertiary/aromatic N) is 2. The van der Waals surface area contributed by atoms with Gasteiger partial charge in [0, 0.05) is 22.4 Å². The van der Waals surface area contributed by atoms with Crippen molar-refractivity contribution in [2.75, 3.05) is 0 Å². The minimum atomic E-state index is -0.242. The zero-order valence-corrected chi connectivity index (χ0v) is 17.5. The fourth-order valence-electron chi connectivity index (χ4n) is 4.25. The third-order valence-corrected chi connectivity index (χ3v) is 5.85. The van der Waals surface area contributed by atoms with Crippen LogP contribution in [0.3, 0.4) is 0 Å². The fourth-order valence-corrected chi connectivity index (χ4v) is 4.25. The molecule has 0 radical (unpaired) electrons. The summed E-state index contributed by atoms with van der Waals surface area (Å²) in [6.07, 6.45) is 1.50. The van der Waals surface area contributed by atoms with Crippen LogP contribution in [-0.2, 0) is 7.05 Å². The molecule has 3 aromatic carbocycles. The van der Waals surface area contributed by atoms with E-state index in [-0.39, 0.29) is 5.82 Å². The van der Waals surface area contributed by atoms with Crippen LogP contribution in [0.15, 0.2) is 71.3 Å². The lowest BCUT2D eigenvalue weighted by Gasteiger charge is -2.07. The van der Waals surface area contributed by atoms with Gasteiger partial charge in [-0.15, -0.1) is 0 Å². The zero-order valence-electron chi connectivity index (χ0n) is 17.5. The van der Waals surface area contributed by atoms with Gasteiger partial charge in [0.15, 0.2) is 11.5 Å². The minimum Gasteiger partial charge on any atom is -0.456 e. The summed E-state index contributed by atoms with van der Waals surface area (Å²) in [7, 11) is 1.84. The van der Waals surface area contributed by atoms with Crippen molar-refractivity contribution in [1.82, 2.24) is 0 Å². The largest absolute Gasteiger partial charge is 0.456 e. The van der Waals surface area contributed by atoms with E-state index in [0.29, 0.717) is 16.8 Å². The standard InChI is InChI=1S/C27H20FN2O/c1-16-10-11-19-20-12-13-22(29-3)25(18-8-6-5-7-9-18)27(20)31-26(19)24(16)23-14-17(2)21(28)15-30(23)4/h5-15H,1-2,4H3/q+1. The fraction of sp³-hybridized carbons (Fsp3) is 0.111. The molecule has 0 saturated heterocycles. The Morgan fingerprint density at radius 1 is 0.871 bits per heavy atom. The highest BCUT2D eigenvalue weighted by atomic mass is 19.1. The molecule has 0 amide bonds. The summed E-state index contributed by atoms with van der Waals surface area (Å²) in [4.78, 5) is 3.74. The van der Waals surface area contributed by atoms with Crippen LogP contribution in [0.4, 0.5) is 10.1 Å². The second-order valence-electron chi connectivity index (χ2n) is 7.85. The number of aryl methyl sites for hydroxylation is 3.